The molecule has 1 N–H and O–H groups in total. The van der Waals surface area contributed by atoms with Gasteiger partial charge in [0.2, 0.25) is 0 Å². The molecule has 3 aromatic rings. The van der Waals surface area contributed by atoms with Gasteiger partial charge in [0.25, 0.3) is 0 Å². The summed E-state index contributed by atoms with van der Waals surface area (Å²) in [7, 11) is 0. The highest BCUT2D eigenvalue weighted by atomic mass is 35.5. The van der Waals surface area contributed by atoms with Crippen molar-refractivity contribution in [3.63, 3.8) is 0 Å². The second-order valence-corrected chi connectivity index (χ2v) is 8.80. The Labute approximate surface area is 181 Å². The zero-order valence-electron chi connectivity index (χ0n) is 17.1. The third-order valence-electron chi connectivity index (χ3n) is 6.59. The van der Waals surface area contributed by atoms with E-state index in [9.17, 15) is 8.78 Å². The summed E-state index contributed by atoms with van der Waals surface area (Å²) in [5.74, 6) is -0.211. The van der Waals surface area contributed by atoms with Gasteiger partial charge >= 0.3 is 0 Å². The Morgan fingerprint density at radius 3 is 2.53 bits per heavy atom. The molecule has 3 nitrogen and oxygen atoms in total. The molecular formula is C24H25ClF2N3-. The van der Waals surface area contributed by atoms with Crippen LogP contribution in [0.4, 0.5) is 8.78 Å². The Balaban J connectivity index is 0.00000218. The second-order valence-electron chi connectivity index (χ2n) is 8.80. The second kappa shape index (κ2) is 7.78. The largest absolute Gasteiger partial charge is 1.00 e. The number of benzene rings is 2. The van der Waals surface area contributed by atoms with Crippen molar-refractivity contribution in [2.45, 2.75) is 57.0 Å². The van der Waals surface area contributed by atoms with E-state index in [0.29, 0.717) is 24.1 Å². The van der Waals surface area contributed by atoms with Crippen molar-refractivity contribution < 1.29 is 21.2 Å². The van der Waals surface area contributed by atoms with E-state index in [0.717, 1.165) is 30.3 Å². The van der Waals surface area contributed by atoms with Crippen molar-refractivity contribution >= 4 is 0 Å². The van der Waals surface area contributed by atoms with Gasteiger partial charge in [-0.3, -0.25) is 0 Å². The zero-order chi connectivity index (χ0) is 20.2. The predicted molar refractivity (Wildman–Crippen MR) is 109 cm³/mol. The average Bonchev–Trinajstić information content (AvgIpc) is 3.40. The molecule has 2 aliphatic carbocycles. The Morgan fingerprint density at radius 1 is 1.07 bits per heavy atom. The molecule has 1 saturated carbocycles. The molecule has 158 valence electrons. The van der Waals surface area contributed by atoms with Crippen LogP contribution in [0.15, 0.2) is 48.5 Å². The molecule has 0 aliphatic heterocycles. The summed E-state index contributed by atoms with van der Waals surface area (Å²) in [5, 5.41) is 8.46. The number of aromatic nitrogens is 2. The molecule has 2 atom stereocenters. The van der Waals surface area contributed by atoms with Crippen LogP contribution < -0.4 is 17.7 Å². The minimum Gasteiger partial charge on any atom is -1.00 e. The smallest absolute Gasteiger partial charge is 0.151 e. The van der Waals surface area contributed by atoms with E-state index < -0.39 is 11.6 Å². The minimum atomic E-state index is -0.567. The Bertz CT molecular complexity index is 1060. The Hall–Kier alpha value is -2.24. The topological polar surface area (TPSA) is 29.9 Å². The highest BCUT2D eigenvalue weighted by Crippen LogP contribution is 2.54. The monoisotopic (exact) mass is 428 g/mol. The van der Waals surface area contributed by atoms with Gasteiger partial charge in [-0.1, -0.05) is 30.3 Å². The maximum Gasteiger partial charge on any atom is 0.151 e. The first-order valence-corrected chi connectivity index (χ1v) is 10.3. The fraction of sp³-hybridized carbons (Fsp3) is 0.375. The van der Waals surface area contributed by atoms with Crippen molar-refractivity contribution in [2.75, 3.05) is 0 Å². The number of hydrogen-bond acceptors (Lipinski definition) is 2. The maximum atomic E-state index is 14.5. The van der Waals surface area contributed by atoms with Crippen molar-refractivity contribution in [3.8, 4) is 5.69 Å². The van der Waals surface area contributed by atoms with Crippen LogP contribution >= 0.6 is 0 Å². The molecule has 2 aromatic carbocycles. The van der Waals surface area contributed by atoms with Crippen LogP contribution in [0, 0.1) is 11.6 Å². The van der Waals surface area contributed by atoms with Gasteiger partial charge in [-0.15, -0.1) is 0 Å². The van der Waals surface area contributed by atoms with E-state index in [1.54, 1.807) is 4.68 Å². The number of halogens is 3. The van der Waals surface area contributed by atoms with Crippen LogP contribution in [-0.2, 0) is 12.1 Å². The molecule has 0 saturated heterocycles. The highest BCUT2D eigenvalue weighted by Gasteiger charge is 2.43. The molecule has 2 unspecified atom stereocenters. The van der Waals surface area contributed by atoms with Crippen molar-refractivity contribution in [1.82, 2.24) is 15.1 Å². The normalized spacial score (nSPS) is 19.6. The molecule has 1 aromatic heterocycles. The fourth-order valence-electron chi connectivity index (χ4n) is 5.05. The molecule has 0 spiro atoms. The van der Waals surface area contributed by atoms with E-state index in [1.807, 2.05) is 18.2 Å². The summed E-state index contributed by atoms with van der Waals surface area (Å²) in [6.07, 6.45) is 3.41. The summed E-state index contributed by atoms with van der Waals surface area (Å²) in [4.78, 5) is 0. The van der Waals surface area contributed by atoms with E-state index in [-0.39, 0.29) is 17.9 Å². The SMILES string of the molecule is CC(C)(NCc1nn(-c2ccc(F)cc2F)c2c1C1CCC2C1)c1ccccc1.[Cl-]. The number of nitrogens with one attached hydrogen (secondary N) is 1. The molecule has 2 bridgehead atoms. The van der Waals surface area contributed by atoms with Crippen molar-refractivity contribution in [2.24, 2.45) is 0 Å². The van der Waals surface area contributed by atoms with Crippen LogP contribution in [0.2, 0.25) is 0 Å². The zero-order valence-corrected chi connectivity index (χ0v) is 17.9. The van der Waals surface area contributed by atoms with E-state index in [4.69, 9.17) is 5.10 Å². The van der Waals surface area contributed by atoms with Crippen LogP contribution in [-0.4, -0.2) is 9.78 Å². The predicted octanol–water partition coefficient (Wildman–Crippen LogP) is 2.54. The van der Waals surface area contributed by atoms with Gasteiger partial charge < -0.3 is 17.7 Å². The minimum absolute atomic E-state index is 0. The molecule has 0 amide bonds. The summed E-state index contributed by atoms with van der Waals surface area (Å²) in [5.41, 5.74) is 4.73. The molecule has 6 heteroatoms. The summed E-state index contributed by atoms with van der Waals surface area (Å²) < 4.78 is 29.7. The van der Waals surface area contributed by atoms with Crippen LogP contribution in [0.1, 0.15) is 67.5 Å². The average molecular weight is 429 g/mol. The van der Waals surface area contributed by atoms with Gasteiger partial charge in [-0.05, 0) is 56.7 Å². The molecule has 5 rings (SSSR count). The summed E-state index contributed by atoms with van der Waals surface area (Å²) in [6.45, 7) is 4.93. The van der Waals surface area contributed by atoms with Crippen LogP contribution in [0.5, 0.6) is 0 Å². The lowest BCUT2D eigenvalue weighted by Gasteiger charge is -2.27. The van der Waals surface area contributed by atoms with Gasteiger partial charge in [0.15, 0.2) is 5.82 Å². The maximum absolute atomic E-state index is 14.5. The number of fused-ring (bicyclic) bond motifs is 5. The van der Waals surface area contributed by atoms with Gasteiger partial charge in [0.1, 0.15) is 11.5 Å². The number of nitrogens with zero attached hydrogens (tertiary/aromatic N) is 2. The first kappa shape index (κ1) is 21.0. The molecular weight excluding hydrogens is 404 g/mol. The first-order valence-electron chi connectivity index (χ1n) is 10.3. The number of hydrogen-bond donors (Lipinski definition) is 1. The third-order valence-corrected chi connectivity index (χ3v) is 6.59. The first-order chi connectivity index (χ1) is 13.9. The van der Waals surface area contributed by atoms with E-state index >= 15 is 0 Å². The van der Waals surface area contributed by atoms with Crippen LogP contribution in [0.25, 0.3) is 5.69 Å². The molecule has 0 radical (unpaired) electrons. The van der Waals surface area contributed by atoms with Crippen molar-refractivity contribution in [3.05, 3.63) is 82.7 Å². The van der Waals surface area contributed by atoms with Gasteiger partial charge in [0, 0.05) is 29.6 Å². The lowest BCUT2D eigenvalue weighted by molar-refractivity contribution is -0.00000752. The third kappa shape index (κ3) is 3.44. The van der Waals surface area contributed by atoms with E-state index in [2.05, 4.69) is 31.3 Å². The van der Waals surface area contributed by atoms with Gasteiger partial charge in [-0.25, -0.2) is 13.5 Å². The lowest BCUT2D eigenvalue weighted by Crippen LogP contribution is -3.00. The van der Waals surface area contributed by atoms with Crippen molar-refractivity contribution in [1.29, 1.82) is 0 Å². The molecule has 1 heterocycles. The van der Waals surface area contributed by atoms with E-state index in [1.165, 1.54) is 29.7 Å². The fourth-order valence-corrected chi connectivity index (χ4v) is 5.05. The standard InChI is InChI=1S/C24H25F2N3.ClH/c1-24(2,17-6-4-3-5-7-17)27-14-20-22-15-8-9-16(12-15)23(22)29(28-20)21-11-10-18(25)13-19(21)26;/h3-7,10-11,13,15-16,27H,8-9,12,14H2,1-2H3;1H/p-1. The molecule has 2 aliphatic rings. The van der Waals surface area contributed by atoms with Gasteiger partial charge in [-0.2, -0.15) is 5.10 Å². The highest BCUT2D eigenvalue weighted by molar-refractivity contribution is 5.46. The van der Waals surface area contributed by atoms with Crippen LogP contribution in [0.3, 0.4) is 0 Å². The lowest BCUT2D eigenvalue weighted by atomic mass is 9.93. The van der Waals surface area contributed by atoms with Gasteiger partial charge in [0.05, 0.1) is 11.4 Å². The molecule has 1 fully saturated rings. The quantitative estimate of drug-likeness (QED) is 0.677. The Kier molecular flexibility index (Phi) is 5.45. The molecule has 30 heavy (non-hydrogen) atoms. The number of rotatable bonds is 5. The summed E-state index contributed by atoms with van der Waals surface area (Å²) >= 11 is 0. The Morgan fingerprint density at radius 2 is 1.80 bits per heavy atom. The summed E-state index contributed by atoms with van der Waals surface area (Å²) in [6, 6.07) is 14.1.